The molecule has 0 spiro atoms. The van der Waals surface area contributed by atoms with E-state index in [1.807, 2.05) is 13.0 Å². The summed E-state index contributed by atoms with van der Waals surface area (Å²) in [5, 5.41) is 15.5. The van der Waals surface area contributed by atoms with Gasteiger partial charge in [-0.1, -0.05) is 19.1 Å². The number of carboxylic acids is 1. The molecule has 0 aromatic rings. The highest BCUT2D eigenvalue weighted by Gasteiger charge is 1.65. The number of carbonyl (C=O) groups is 1. The van der Waals surface area contributed by atoms with E-state index in [1.165, 1.54) is 0 Å². The molecule has 0 aromatic heterocycles. The molecule has 0 amide bonds. The van der Waals surface area contributed by atoms with E-state index in [0.29, 0.717) is 0 Å². The Kier molecular flexibility index (Phi) is 13.1. The summed E-state index contributed by atoms with van der Waals surface area (Å²) in [6.45, 7) is 3.29. The molecule has 0 unspecified atom stereocenters. The molecule has 3 nitrogen and oxygen atoms in total. The third-order valence-electron chi connectivity index (χ3n) is 0.508. The Bertz CT molecular complexity index is 87.0. The molecule has 60 valence electrons. The Balaban J connectivity index is 0. The lowest BCUT2D eigenvalue weighted by molar-refractivity contribution is -0.134. The van der Waals surface area contributed by atoms with Gasteiger partial charge in [0.05, 0.1) is 6.61 Å². The normalized spacial score (nSPS) is 8.70. The highest BCUT2D eigenvalue weighted by Crippen LogP contribution is 1.74. The maximum atomic E-state index is 9.00. The van der Waals surface area contributed by atoms with Crippen molar-refractivity contribution < 1.29 is 15.0 Å². The molecule has 0 bridgehead atoms. The topological polar surface area (TPSA) is 57.5 Å². The van der Waals surface area contributed by atoms with Gasteiger partial charge in [-0.25, -0.2) is 0 Å². The van der Waals surface area contributed by atoms with Crippen molar-refractivity contribution in [1.82, 2.24) is 0 Å². The number of hydrogen-bond acceptors (Lipinski definition) is 2. The van der Waals surface area contributed by atoms with Gasteiger partial charge in [-0.15, -0.1) is 0 Å². The van der Waals surface area contributed by atoms with Crippen molar-refractivity contribution in [2.45, 2.75) is 20.3 Å². The summed E-state index contributed by atoms with van der Waals surface area (Å²) >= 11 is 0. The number of aliphatic hydroxyl groups excluding tert-OH is 1. The summed E-state index contributed by atoms with van der Waals surface area (Å²) < 4.78 is 0. The SMILES string of the molecule is CC(=O)O.CCC=CCO. The molecule has 2 N–H and O–H groups in total. The van der Waals surface area contributed by atoms with Gasteiger partial charge in [-0.3, -0.25) is 4.79 Å². The zero-order valence-corrected chi connectivity index (χ0v) is 6.37. The van der Waals surface area contributed by atoms with E-state index in [9.17, 15) is 0 Å². The van der Waals surface area contributed by atoms with Crippen molar-refractivity contribution >= 4 is 5.97 Å². The molecule has 0 radical (unpaired) electrons. The minimum atomic E-state index is -0.833. The monoisotopic (exact) mass is 146 g/mol. The zero-order chi connectivity index (χ0) is 8.41. The molecule has 0 saturated carbocycles. The van der Waals surface area contributed by atoms with Crippen molar-refractivity contribution in [2.75, 3.05) is 6.61 Å². The second kappa shape index (κ2) is 11.0. The summed E-state index contributed by atoms with van der Waals surface area (Å²) in [7, 11) is 0. The van der Waals surface area contributed by atoms with Crippen molar-refractivity contribution in [1.29, 1.82) is 0 Å². The number of hydrogen-bond donors (Lipinski definition) is 2. The number of aliphatic hydroxyl groups is 1. The van der Waals surface area contributed by atoms with Gasteiger partial charge in [0.1, 0.15) is 0 Å². The third kappa shape index (κ3) is 58.0. The Labute approximate surface area is 61.0 Å². The number of allylic oxidation sites excluding steroid dienone is 1. The Morgan fingerprint density at radius 2 is 1.90 bits per heavy atom. The van der Waals surface area contributed by atoms with Crippen LogP contribution in [0.15, 0.2) is 12.2 Å². The molecule has 0 aliphatic heterocycles. The van der Waals surface area contributed by atoms with E-state index >= 15 is 0 Å². The van der Waals surface area contributed by atoms with Gasteiger partial charge in [0, 0.05) is 6.92 Å². The van der Waals surface area contributed by atoms with Crippen molar-refractivity contribution in [2.24, 2.45) is 0 Å². The molecule has 0 fully saturated rings. The minimum absolute atomic E-state index is 0.174. The minimum Gasteiger partial charge on any atom is -0.481 e. The smallest absolute Gasteiger partial charge is 0.300 e. The van der Waals surface area contributed by atoms with E-state index in [0.717, 1.165) is 13.3 Å². The van der Waals surface area contributed by atoms with Gasteiger partial charge < -0.3 is 10.2 Å². The van der Waals surface area contributed by atoms with Crippen LogP contribution >= 0.6 is 0 Å². The molecule has 0 atom stereocenters. The van der Waals surface area contributed by atoms with E-state index in [2.05, 4.69) is 0 Å². The van der Waals surface area contributed by atoms with Gasteiger partial charge in [0.2, 0.25) is 0 Å². The maximum Gasteiger partial charge on any atom is 0.300 e. The van der Waals surface area contributed by atoms with Crippen LogP contribution in [0.4, 0.5) is 0 Å². The van der Waals surface area contributed by atoms with Crippen LogP contribution in [0.3, 0.4) is 0 Å². The zero-order valence-electron chi connectivity index (χ0n) is 6.37. The summed E-state index contributed by atoms with van der Waals surface area (Å²) in [6, 6.07) is 0. The molecule has 3 heteroatoms. The van der Waals surface area contributed by atoms with Gasteiger partial charge >= 0.3 is 0 Å². The molecular weight excluding hydrogens is 132 g/mol. The maximum absolute atomic E-state index is 9.00. The summed E-state index contributed by atoms with van der Waals surface area (Å²) in [6.07, 6.45) is 4.68. The van der Waals surface area contributed by atoms with Crippen molar-refractivity contribution in [3.63, 3.8) is 0 Å². The molecule has 0 heterocycles. The highest BCUT2D eigenvalue weighted by atomic mass is 16.4. The molecule has 0 aromatic carbocycles. The van der Waals surface area contributed by atoms with Gasteiger partial charge in [-0.05, 0) is 6.42 Å². The Hall–Kier alpha value is -0.830. The summed E-state index contributed by atoms with van der Waals surface area (Å²) in [5.41, 5.74) is 0. The first-order valence-corrected chi connectivity index (χ1v) is 3.10. The number of aliphatic carboxylic acids is 1. The van der Waals surface area contributed by atoms with E-state index < -0.39 is 5.97 Å². The van der Waals surface area contributed by atoms with Gasteiger partial charge in [0.15, 0.2) is 0 Å². The van der Waals surface area contributed by atoms with Crippen LogP contribution in [0, 0.1) is 0 Å². The van der Waals surface area contributed by atoms with Crippen LogP contribution in [-0.4, -0.2) is 22.8 Å². The largest absolute Gasteiger partial charge is 0.481 e. The Morgan fingerprint density at radius 3 is 2.00 bits per heavy atom. The predicted octanol–water partition coefficient (Wildman–Crippen LogP) is 1.04. The molecular formula is C7H14O3. The first-order valence-electron chi connectivity index (χ1n) is 3.10. The quantitative estimate of drug-likeness (QED) is 0.572. The van der Waals surface area contributed by atoms with E-state index in [-0.39, 0.29) is 6.61 Å². The predicted molar refractivity (Wildman–Crippen MR) is 39.8 cm³/mol. The van der Waals surface area contributed by atoms with Gasteiger partial charge in [0.25, 0.3) is 5.97 Å². The van der Waals surface area contributed by atoms with Crippen LogP contribution in [0.2, 0.25) is 0 Å². The molecule has 0 rings (SSSR count). The summed E-state index contributed by atoms with van der Waals surface area (Å²) in [4.78, 5) is 9.00. The molecule has 0 aliphatic rings. The fourth-order valence-corrected chi connectivity index (χ4v) is 0.241. The van der Waals surface area contributed by atoms with Crippen LogP contribution in [0.25, 0.3) is 0 Å². The lowest BCUT2D eigenvalue weighted by Crippen LogP contribution is -1.78. The molecule has 10 heavy (non-hydrogen) atoms. The molecule has 0 saturated heterocycles. The lowest BCUT2D eigenvalue weighted by Gasteiger charge is -1.72. The lowest BCUT2D eigenvalue weighted by atomic mass is 10.4. The van der Waals surface area contributed by atoms with E-state index in [4.69, 9.17) is 15.0 Å². The second-order valence-electron chi connectivity index (χ2n) is 1.58. The average molecular weight is 146 g/mol. The van der Waals surface area contributed by atoms with Crippen LogP contribution in [0.5, 0.6) is 0 Å². The first-order chi connectivity index (χ1) is 4.65. The van der Waals surface area contributed by atoms with E-state index in [1.54, 1.807) is 6.08 Å². The highest BCUT2D eigenvalue weighted by molar-refractivity contribution is 5.62. The van der Waals surface area contributed by atoms with Crippen molar-refractivity contribution in [3.05, 3.63) is 12.2 Å². The number of carboxylic acid groups (broad SMARTS) is 1. The van der Waals surface area contributed by atoms with Crippen LogP contribution < -0.4 is 0 Å². The first kappa shape index (κ1) is 11.9. The van der Waals surface area contributed by atoms with Crippen LogP contribution in [-0.2, 0) is 4.79 Å². The fourth-order valence-electron chi connectivity index (χ4n) is 0.241. The molecule has 0 aliphatic carbocycles. The van der Waals surface area contributed by atoms with Gasteiger partial charge in [-0.2, -0.15) is 0 Å². The second-order valence-corrected chi connectivity index (χ2v) is 1.58. The summed E-state index contributed by atoms with van der Waals surface area (Å²) in [5.74, 6) is -0.833. The standard InChI is InChI=1S/C5H10O.C2H4O2/c1-2-3-4-5-6;1-2(3)4/h3-4,6H,2,5H2,1H3;1H3,(H,3,4). The van der Waals surface area contributed by atoms with Crippen molar-refractivity contribution in [3.8, 4) is 0 Å². The fraction of sp³-hybridized carbons (Fsp3) is 0.571. The Morgan fingerprint density at radius 1 is 1.50 bits per heavy atom. The number of rotatable bonds is 2. The van der Waals surface area contributed by atoms with Crippen LogP contribution in [0.1, 0.15) is 20.3 Å². The average Bonchev–Trinajstić information content (AvgIpc) is 1.82. The third-order valence-corrected chi connectivity index (χ3v) is 0.508.